The van der Waals surface area contributed by atoms with E-state index in [1.807, 2.05) is 43.3 Å². The quantitative estimate of drug-likeness (QED) is 0.770. The molecule has 0 aromatic heterocycles. The number of hydrogen-bond acceptors (Lipinski definition) is 3. The summed E-state index contributed by atoms with van der Waals surface area (Å²) in [5.74, 6) is -0.539. The summed E-state index contributed by atoms with van der Waals surface area (Å²) in [5.41, 5.74) is 0.391. The molecular weight excluding hydrogens is 371 g/mol. The molecule has 7 heteroatoms. The maximum Gasteiger partial charge on any atom is 0.408 e. The van der Waals surface area contributed by atoms with E-state index in [0.29, 0.717) is 18.6 Å². The van der Waals surface area contributed by atoms with E-state index in [4.69, 9.17) is 9.47 Å². The van der Waals surface area contributed by atoms with E-state index in [-0.39, 0.29) is 25.6 Å². The average molecular weight is 393 g/mol. The second-order valence-corrected chi connectivity index (χ2v) is 7.89. The van der Waals surface area contributed by atoms with Crippen molar-refractivity contribution in [3.8, 4) is 5.75 Å². The van der Waals surface area contributed by atoms with Crippen LogP contribution in [-0.2, 0) is 10.3 Å². The van der Waals surface area contributed by atoms with Gasteiger partial charge in [0.15, 0.2) is 0 Å². The maximum absolute atomic E-state index is 12.8. The van der Waals surface area contributed by atoms with Crippen LogP contribution in [0.3, 0.4) is 0 Å². The highest BCUT2D eigenvalue weighted by Gasteiger charge is 2.41. The molecule has 2 aromatic rings. The Bertz CT molecular complexity index is 890. The third-order valence-electron chi connectivity index (χ3n) is 5.76. The first-order valence-corrected chi connectivity index (χ1v) is 9.45. The van der Waals surface area contributed by atoms with Crippen LogP contribution in [0, 0.1) is 5.92 Å². The van der Waals surface area contributed by atoms with Gasteiger partial charge in [-0.1, -0.05) is 18.2 Å². The number of carbonyl (C=O) groups is 1. The smallest absolute Gasteiger partial charge is 0.408 e. The Morgan fingerprint density at radius 1 is 1.07 bits per heavy atom. The van der Waals surface area contributed by atoms with Gasteiger partial charge >= 0.3 is 12.3 Å². The number of amides is 1. The van der Waals surface area contributed by atoms with E-state index >= 15 is 0 Å². The Morgan fingerprint density at radius 2 is 1.75 bits per heavy atom. The third kappa shape index (κ3) is 3.75. The first-order valence-electron chi connectivity index (χ1n) is 9.45. The van der Waals surface area contributed by atoms with Gasteiger partial charge in [0.2, 0.25) is 0 Å². The molecule has 2 fully saturated rings. The minimum Gasteiger partial charge on any atom is -0.490 e. The molecule has 0 unspecified atom stereocenters. The molecule has 0 bridgehead atoms. The lowest BCUT2D eigenvalue weighted by molar-refractivity contribution is -0.185. The van der Waals surface area contributed by atoms with Crippen molar-refractivity contribution in [2.75, 3.05) is 6.61 Å². The fourth-order valence-corrected chi connectivity index (χ4v) is 4.00. The molecule has 1 amide bonds. The van der Waals surface area contributed by atoms with Gasteiger partial charge in [-0.15, -0.1) is 0 Å². The molecule has 1 aliphatic carbocycles. The number of hydrogen-bond donors (Lipinski definition) is 1. The Morgan fingerprint density at radius 3 is 2.39 bits per heavy atom. The number of cyclic esters (lactones) is 1. The van der Waals surface area contributed by atoms with Crippen molar-refractivity contribution < 1.29 is 27.4 Å². The highest BCUT2D eigenvalue weighted by molar-refractivity contribution is 5.85. The number of rotatable bonds is 3. The van der Waals surface area contributed by atoms with E-state index in [2.05, 4.69) is 5.32 Å². The van der Waals surface area contributed by atoms with Crippen molar-refractivity contribution in [2.24, 2.45) is 5.92 Å². The van der Waals surface area contributed by atoms with Crippen LogP contribution in [0.25, 0.3) is 10.8 Å². The monoisotopic (exact) mass is 393 g/mol. The maximum atomic E-state index is 12.8. The predicted molar refractivity (Wildman–Crippen MR) is 98.2 cm³/mol. The van der Waals surface area contributed by atoms with Crippen LogP contribution in [0.2, 0.25) is 0 Å². The lowest BCUT2D eigenvalue weighted by Gasteiger charge is -2.30. The van der Waals surface area contributed by atoms with Gasteiger partial charge in [-0.05, 0) is 67.1 Å². The van der Waals surface area contributed by atoms with Gasteiger partial charge in [0.1, 0.15) is 12.4 Å². The van der Waals surface area contributed by atoms with Crippen LogP contribution in [0.4, 0.5) is 18.0 Å². The molecular formula is C21H22F3NO3. The zero-order valence-electron chi connectivity index (χ0n) is 15.5. The molecule has 1 N–H and O–H groups in total. The summed E-state index contributed by atoms with van der Waals surface area (Å²) < 4.78 is 49.3. The fraction of sp³-hybridized carbons (Fsp3) is 0.476. The van der Waals surface area contributed by atoms with Crippen LogP contribution < -0.4 is 10.1 Å². The van der Waals surface area contributed by atoms with Crippen molar-refractivity contribution in [3.63, 3.8) is 0 Å². The lowest BCUT2D eigenvalue weighted by atomic mass is 9.87. The Balaban J connectivity index is 1.46. The van der Waals surface area contributed by atoms with E-state index < -0.39 is 23.7 Å². The average Bonchev–Trinajstić information content (AvgIpc) is 3.01. The number of benzene rings is 2. The van der Waals surface area contributed by atoms with Crippen LogP contribution in [0.1, 0.15) is 38.2 Å². The molecule has 4 rings (SSSR count). The molecule has 4 nitrogen and oxygen atoms in total. The van der Waals surface area contributed by atoms with E-state index in [1.54, 1.807) is 0 Å². The highest BCUT2D eigenvalue weighted by Crippen LogP contribution is 2.39. The molecule has 150 valence electrons. The first kappa shape index (κ1) is 18.9. The normalized spacial score (nSPS) is 28.1. The summed E-state index contributed by atoms with van der Waals surface area (Å²) in [5, 5.41) is 4.79. The van der Waals surface area contributed by atoms with Crippen LogP contribution in [0.5, 0.6) is 5.75 Å². The van der Waals surface area contributed by atoms with Crippen molar-refractivity contribution >= 4 is 16.9 Å². The van der Waals surface area contributed by atoms with Crippen LogP contribution >= 0.6 is 0 Å². The van der Waals surface area contributed by atoms with Gasteiger partial charge < -0.3 is 14.8 Å². The number of alkyl carbamates (subject to hydrolysis) is 1. The van der Waals surface area contributed by atoms with Gasteiger partial charge in [0.05, 0.1) is 17.6 Å². The zero-order chi connectivity index (χ0) is 19.9. The molecule has 28 heavy (non-hydrogen) atoms. The largest absolute Gasteiger partial charge is 0.490 e. The summed E-state index contributed by atoms with van der Waals surface area (Å²) >= 11 is 0. The molecule has 0 radical (unpaired) electrons. The van der Waals surface area contributed by atoms with Gasteiger partial charge in [-0.25, -0.2) is 4.79 Å². The minimum atomic E-state index is -4.11. The molecule has 1 atom stereocenters. The summed E-state index contributed by atoms with van der Waals surface area (Å²) in [6.07, 6.45) is -3.63. The van der Waals surface area contributed by atoms with Crippen molar-refractivity contribution in [3.05, 3.63) is 42.0 Å². The van der Waals surface area contributed by atoms with Crippen molar-refractivity contribution in [2.45, 2.75) is 50.4 Å². The van der Waals surface area contributed by atoms with Gasteiger partial charge in [-0.2, -0.15) is 13.2 Å². The number of carbonyl (C=O) groups excluding carboxylic acids is 1. The summed E-state index contributed by atoms with van der Waals surface area (Å²) in [7, 11) is 0. The molecule has 1 aliphatic heterocycles. The number of ether oxygens (including phenoxy) is 2. The Kier molecular flexibility index (Phi) is 4.63. The Hall–Kier alpha value is -2.44. The zero-order valence-corrected chi connectivity index (χ0v) is 15.5. The predicted octanol–water partition coefficient (Wildman–Crippen LogP) is 5.29. The van der Waals surface area contributed by atoms with E-state index in [1.165, 1.54) is 0 Å². The first-order chi connectivity index (χ1) is 13.2. The molecule has 0 spiro atoms. The standard InChI is InChI=1S/C21H22F3NO3/c1-20(12-27-19(26)25-20)16-4-2-14-11-18(7-3-13(14)10-16)28-17-8-5-15(6-9-17)21(22,23)24/h2-4,7,10-11,15,17H,5-6,8-9,12H2,1H3,(H,25,26)/t15-,17+,20-/m0/s1. The molecule has 2 aliphatic rings. The summed E-state index contributed by atoms with van der Waals surface area (Å²) in [4.78, 5) is 11.4. The minimum absolute atomic E-state index is 0.123. The second-order valence-electron chi connectivity index (χ2n) is 7.89. The van der Waals surface area contributed by atoms with Crippen LogP contribution in [0.15, 0.2) is 36.4 Å². The number of fused-ring (bicyclic) bond motifs is 1. The number of alkyl halides is 3. The summed E-state index contributed by atoms with van der Waals surface area (Å²) in [6, 6.07) is 11.6. The molecule has 1 saturated heterocycles. The van der Waals surface area contributed by atoms with Crippen molar-refractivity contribution in [1.29, 1.82) is 0 Å². The fourth-order valence-electron chi connectivity index (χ4n) is 4.00. The Labute approximate surface area is 161 Å². The second kappa shape index (κ2) is 6.87. The SMILES string of the molecule is C[C@@]1(c2ccc3cc(O[C@H]4CC[C@@H](C(F)(F)F)CC4)ccc3c2)COC(=O)N1. The lowest BCUT2D eigenvalue weighted by Crippen LogP contribution is -2.37. The highest BCUT2D eigenvalue weighted by atomic mass is 19.4. The van der Waals surface area contributed by atoms with E-state index in [0.717, 1.165) is 16.3 Å². The van der Waals surface area contributed by atoms with Gasteiger partial charge in [-0.3, -0.25) is 0 Å². The summed E-state index contributed by atoms with van der Waals surface area (Å²) in [6.45, 7) is 2.19. The van der Waals surface area contributed by atoms with Crippen molar-refractivity contribution in [1.82, 2.24) is 5.32 Å². The number of nitrogens with one attached hydrogen (secondary N) is 1. The molecule has 1 heterocycles. The third-order valence-corrected chi connectivity index (χ3v) is 5.76. The van der Waals surface area contributed by atoms with Crippen LogP contribution in [-0.4, -0.2) is 25.0 Å². The number of halogens is 3. The van der Waals surface area contributed by atoms with E-state index in [9.17, 15) is 18.0 Å². The topological polar surface area (TPSA) is 47.6 Å². The molecule has 2 aromatic carbocycles. The molecule has 1 saturated carbocycles. The van der Waals surface area contributed by atoms with Gasteiger partial charge in [0.25, 0.3) is 0 Å². The van der Waals surface area contributed by atoms with Gasteiger partial charge in [0, 0.05) is 0 Å².